The first-order valence-electron chi connectivity index (χ1n) is 7.08. The van der Waals surface area contributed by atoms with Crippen molar-refractivity contribution in [2.75, 3.05) is 0 Å². The molecule has 1 N–H and O–H groups in total. The van der Waals surface area contributed by atoms with Crippen LogP contribution in [0.3, 0.4) is 0 Å². The molecule has 2 aromatic rings. The van der Waals surface area contributed by atoms with Crippen LogP contribution in [0.25, 0.3) is 11.0 Å². The normalized spacial score (nSPS) is 32.3. The van der Waals surface area contributed by atoms with E-state index in [0.717, 1.165) is 0 Å². The summed E-state index contributed by atoms with van der Waals surface area (Å²) in [6.07, 6.45) is 0.0370. The Balaban J connectivity index is 1.78. The van der Waals surface area contributed by atoms with Crippen LogP contribution in [-0.4, -0.2) is 49.7 Å². The van der Waals surface area contributed by atoms with E-state index in [4.69, 9.17) is 25.8 Å². The van der Waals surface area contributed by atoms with Gasteiger partial charge in [-0.05, 0) is 19.9 Å². The monoisotopic (exact) mass is 339 g/mol. The van der Waals surface area contributed by atoms with E-state index in [1.807, 2.05) is 0 Å². The first-order valence-corrected chi connectivity index (χ1v) is 7.46. The molecule has 8 nitrogen and oxygen atoms in total. The number of hydrogen-bond donors (Lipinski definition) is 1. The van der Waals surface area contributed by atoms with Gasteiger partial charge in [-0.15, -0.1) is 0 Å². The lowest BCUT2D eigenvalue weighted by molar-refractivity contribution is -0.202. The van der Waals surface area contributed by atoms with Gasteiger partial charge in [-0.1, -0.05) is 11.6 Å². The first kappa shape index (κ1) is 14.8. The lowest BCUT2D eigenvalue weighted by Gasteiger charge is -2.24. The number of ether oxygens (including phenoxy) is 3. The van der Waals surface area contributed by atoms with Gasteiger partial charge in [0.1, 0.15) is 29.3 Å². The molecule has 2 fully saturated rings. The molecule has 23 heavy (non-hydrogen) atoms. The Kier molecular flexibility index (Phi) is 3.14. The predicted molar refractivity (Wildman–Crippen MR) is 77.9 cm³/mol. The zero-order valence-corrected chi connectivity index (χ0v) is 13.1. The summed E-state index contributed by atoms with van der Waals surface area (Å²) in [4.78, 5) is 19.6. The molecular weight excluding hydrogens is 326 g/mol. The molecule has 0 radical (unpaired) electrons. The third kappa shape index (κ3) is 2.21. The van der Waals surface area contributed by atoms with Gasteiger partial charge in [-0.3, -0.25) is 0 Å². The maximum absolute atomic E-state index is 11.5. The van der Waals surface area contributed by atoms with E-state index in [2.05, 4.69) is 9.97 Å². The molecule has 2 aliphatic heterocycles. The highest BCUT2D eigenvalue weighted by Gasteiger charge is 2.58. The number of halogens is 1. The Morgan fingerprint density at radius 1 is 1.35 bits per heavy atom. The standard InChI is InChI=1S/C14H14ClN3O5/c1-14(2)22-7-8(23-14)12(21-9(7)13(19)20)18-4-3-6-10(15)16-5-17-11(6)18/h3-5,7-9,12H,1-2H3,(H,19,20)/t7-,8+,9-,12+/m0/s1. The van der Waals surface area contributed by atoms with Gasteiger partial charge in [-0.25, -0.2) is 14.8 Å². The van der Waals surface area contributed by atoms with Gasteiger partial charge in [0, 0.05) is 6.20 Å². The van der Waals surface area contributed by atoms with Crippen LogP contribution in [-0.2, 0) is 19.0 Å². The third-order valence-electron chi connectivity index (χ3n) is 4.01. The van der Waals surface area contributed by atoms with Gasteiger partial charge in [0.15, 0.2) is 18.1 Å². The highest BCUT2D eigenvalue weighted by molar-refractivity contribution is 6.33. The molecule has 0 amide bonds. The van der Waals surface area contributed by atoms with Crippen molar-refractivity contribution in [1.82, 2.24) is 14.5 Å². The number of nitrogens with zero attached hydrogens (tertiary/aromatic N) is 3. The molecule has 4 atom stereocenters. The number of aromatic nitrogens is 3. The smallest absolute Gasteiger partial charge is 0.335 e. The predicted octanol–water partition coefficient (Wildman–Crippen LogP) is 1.59. The average Bonchev–Trinajstić information content (AvgIpc) is 3.09. The number of carbonyl (C=O) groups is 1. The molecule has 0 saturated carbocycles. The van der Waals surface area contributed by atoms with Gasteiger partial charge < -0.3 is 23.9 Å². The van der Waals surface area contributed by atoms with E-state index in [0.29, 0.717) is 16.2 Å². The minimum absolute atomic E-state index is 0.321. The van der Waals surface area contributed by atoms with E-state index in [1.165, 1.54) is 6.33 Å². The molecule has 2 aliphatic rings. The van der Waals surface area contributed by atoms with Crippen molar-refractivity contribution >= 4 is 28.6 Å². The molecule has 4 heterocycles. The molecular formula is C14H14ClN3O5. The summed E-state index contributed by atoms with van der Waals surface area (Å²) in [6, 6.07) is 1.76. The fraction of sp³-hybridized carbons (Fsp3) is 0.500. The van der Waals surface area contributed by atoms with Crippen LogP contribution in [0.15, 0.2) is 18.6 Å². The van der Waals surface area contributed by atoms with Crippen molar-refractivity contribution in [3.05, 3.63) is 23.7 Å². The van der Waals surface area contributed by atoms with Crippen molar-refractivity contribution in [2.45, 2.75) is 44.2 Å². The number of fused-ring (bicyclic) bond motifs is 2. The molecule has 122 valence electrons. The number of carboxylic acids is 1. The summed E-state index contributed by atoms with van der Waals surface area (Å²) in [7, 11) is 0. The lowest BCUT2D eigenvalue weighted by Crippen LogP contribution is -2.35. The topological polar surface area (TPSA) is 95.7 Å². The number of hydrogen-bond acceptors (Lipinski definition) is 6. The average molecular weight is 340 g/mol. The minimum Gasteiger partial charge on any atom is -0.479 e. The highest BCUT2D eigenvalue weighted by Crippen LogP contribution is 2.44. The summed E-state index contributed by atoms with van der Waals surface area (Å²) in [5.41, 5.74) is 0.549. The second-order valence-electron chi connectivity index (χ2n) is 5.98. The van der Waals surface area contributed by atoms with Gasteiger partial charge in [0.25, 0.3) is 0 Å². The number of aliphatic carboxylic acids is 1. The van der Waals surface area contributed by atoms with E-state index >= 15 is 0 Å². The Labute approximate surface area is 135 Å². The summed E-state index contributed by atoms with van der Waals surface area (Å²) in [6.45, 7) is 3.49. The number of rotatable bonds is 2. The van der Waals surface area contributed by atoms with E-state index in [9.17, 15) is 9.90 Å². The van der Waals surface area contributed by atoms with Gasteiger partial charge in [-0.2, -0.15) is 0 Å². The van der Waals surface area contributed by atoms with Crippen LogP contribution in [0.2, 0.25) is 5.15 Å². The maximum atomic E-state index is 11.5. The Morgan fingerprint density at radius 3 is 2.83 bits per heavy atom. The fourth-order valence-corrected chi connectivity index (χ4v) is 3.34. The zero-order chi connectivity index (χ0) is 16.4. The molecule has 2 saturated heterocycles. The van der Waals surface area contributed by atoms with Gasteiger partial charge in [0.05, 0.1) is 5.39 Å². The summed E-state index contributed by atoms with van der Waals surface area (Å²) < 4.78 is 19.0. The van der Waals surface area contributed by atoms with E-state index in [-0.39, 0.29) is 0 Å². The Morgan fingerprint density at radius 2 is 2.09 bits per heavy atom. The van der Waals surface area contributed by atoms with Gasteiger partial charge in [0.2, 0.25) is 0 Å². The highest BCUT2D eigenvalue weighted by atomic mass is 35.5. The molecule has 0 aromatic carbocycles. The second kappa shape index (κ2) is 4.88. The number of carboxylic acid groups (broad SMARTS) is 1. The van der Waals surface area contributed by atoms with Crippen molar-refractivity contribution < 1.29 is 24.1 Å². The third-order valence-corrected chi connectivity index (χ3v) is 4.31. The maximum Gasteiger partial charge on any atom is 0.335 e. The quantitative estimate of drug-likeness (QED) is 0.830. The van der Waals surface area contributed by atoms with Crippen LogP contribution in [0.5, 0.6) is 0 Å². The zero-order valence-electron chi connectivity index (χ0n) is 12.3. The molecule has 0 aliphatic carbocycles. The minimum atomic E-state index is -1.11. The van der Waals surface area contributed by atoms with Crippen molar-refractivity contribution in [3.63, 3.8) is 0 Å². The summed E-state index contributed by atoms with van der Waals surface area (Å²) in [5.74, 6) is -1.96. The van der Waals surface area contributed by atoms with Crippen molar-refractivity contribution in [3.8, 4) is 0 Å². The molecule has 9 heteroatoms. The fourth-order valence-electron chi connectivity index (χ4n) is 3.14. The molecule has 0 unspecified atom stereocenters. The summed E-state index contributed by atoms with van der Waals surface area (Å²) in [5, 5.41) is 10.4. The van der Waals surface area contributed by atoms with E-state index < -0.39 is 36.3 Å². The van der Waals surface area contributed by atoms with Crippen LogP contribution in [0.1, 0.15) is 20.1 Å². The molecule has 2 aromatic heterocycles. The molecule has 0 spiro atoms. The van der Waals surface area contributed by atoms with Crippen molar-refractivity contribution in [1.29, 1.82) is 0 Å². The van der Waals surface area contributed by atoms with Crippen LogP contribution < -0.4 is 0 Å². The summed E-state index contributed by atoms with van der Waals surface area (Å²) >= 11 is 6.06. The largest absolute Gasteiger partial charge is 0.479 e. The Bertz CT molecular complexity index is 792. The van der Waals surface area contributed by atoms with Gasteiger partial charge >= 0.3 is 5.97 Å². The lowest BCUT2D eigenvalue weighted by atomic mass is 10.1. The second-order valence-corrected chi connectivity index (χ2v) is 6.33. The first-order chi connectivity index (χ1) is 10.9. The Hall–Kier alpha value is -1.74. The molecule has 0 bridgehead atoms. The van der Waals surface area contributed by atoms with Crippen LogP contribution in [0, 0.1) is 0 Å². The van der Waals surface area contributed by atoms with Crippen molar-refractivity contribution in [2.24, 2.45) is 0 Å². The van der Waals surface area contributed by atoms with E-state index in [1.54, 1.807) is 30.7 Å². The molecule has 4 rings (SSSR count). The van der Waals surface area contributed by atoms with Crippen LogP contribution >= 0.6 is 11.6 Å². The SMILES string of the molecule is CC1(C)O[C@@H]2[C@H](O1)[C@@H](C(=O)O)O[C@H]2n1ccc2c(Cl)ncnc21. The van der Waals surface area contributed by atoms with Crippen LogP contribution in [0.4, 0.5) is 0 Å².